The van der Waals surface area contributed by atoms with Gasteiger partial charge in [-0.1, -0.05) is 12.1 Å². The number of amides is 2. The van der Waals surface area contributed by atoms with Crippen LogP contribution in [0.15, 0.2) is 24.3 Å². The Hall–Kier alpha value is -2.04. The first-order chi connectivity index (χ1) is 7.16. The molecule has 5 heteroatoms. The van der Waals surface area contributed by atoms with Gasteiger partial charge in [0.25, 0.3) is 0 Å². The fourth-order valence-corrected chi connectivity index (χ4v) is 1.58. The third kappa shape index (κ3) is 1.90. The van der Waals surface area contributed by atoms with Crippen molar-refractivity contribution in [1.82, 2.24) is 5.32 Å². The molecule has 5 nitrogen and oxygen atoms in total. The first kappa shape index (κ1) is 9.51. The summed E-state index contributed by atoms with van der Waals surface area (Å²) in [5.41, 5.74) is 7.05. The van der Waals surface area contributed by atoms with Crippen LogP contribution in [-0.2, 0) is 9.59 Å². The Bertz CT molecular complexity index is 401. The number of benzene rings is 1. The van der Waals surface area contributed by atoms with Crippen molar-refractivity contribution >= 4 is 23.2 Å². The second-order valence-electron chi connectivity index (χ2n) is 3.39. The number of nitrogens with one attached hydrogen (secondary N) is 1. The van der Waals surface area contributed by atoms with Crippen LogP contribution in [0.5, 0.6) is 0 Å². The molecule has 0 aromatic heterocycles. The Morgan fingerprint density at radius 1 is 1.13 bits per heavy atom. The van der Waals surface area contributed by atoms with Gasteiger partial charge in [0, 0.05) is 0 Å². The monoisotopic (exact) mass is 205 g/mol. The molecule has 0 radical (unpaired) electrons. The van der Waals surface area contributed by atoms with Gasteiger partial charge in [0.1, 0.15) is 0 Å². The minimum atomic E-state index is -0.297. The Morgan fingerprint density at radius 3 is 2.33 bits per heavy atom. The van der Waals surface area contributed by atoms with E-state index in [2.05, 4.69) is 5.32 Å². The summed E-state index contributed by atoms with van der Waals surface area (Å²) in [6.07, 6.45) is 0. The van der Waals surface area contributed by atoms with Gasteiger partial charge in [0.15, 0.2) is 0 Å². The fourth-order valence-electron chi connectivity index (χ4n) is 1.58. The van der Waals surface area contributed by atoms with Crippen molar-refractivity contribution in [2.24, 2.45) is 0 Å². The highest BCUT2D eigenvalue weighted by Crippen LogP contribution is 2.22. The van der Waals surface area contributed by atoms with Gasteiger partial charge < -0.3 is 10.6 Å². The first-order valence-corrected chi connectivity index (χ1v) is 4.59. The third-order valence-corrected chi connectivity index (χ3v) is 2.23. The number of nitrogen functional groups attached to an aromatic ring is 1. The lowest BCUT2D eigenvalue weighted by Crippen LogP contribution is -2.51. The first-order valence-electron chi connectivity index (χ1n) is 4.59. The van der Waals surface area contributed by atoms with E-state index in [1.807, 2.05) is 12.1 Å². The lowest BCUT2D eigenvalue weighted by Gasteiger charge is -2.28. The minimum Gasteiger partial charge on any atom is -0.397 e. The summed E-state index contributed by atoms with van der Waals surface area (Å²) in [5, 5.41) is 2.24. The number of nitrogens with two attached hydrogens (primary N) is 1. The number of carbonyl (C=O) groups excluding carboxylic acids is 2. The Labute approximate surface area is 86.9 Å². The van der Waals surface area contributed by atoms with Crippen LogP contribution >= 0.6 is 0 Å². The topological polar surface area (TPSA) is 75.4 Å². The molecular weight excluding hydrogens is 194 g/mol. The normalized spacial score (nSPS) is 16.4. The number of rotatable bonds is 1. The maximum Gasteiger partial charge on any atom is 0.246 e. The van der Waals surface area contributed by atoms with Crippen molar-refractivity contribution in [2.75, 3.05) is 23.7 Å². The summed E-state index contributed by atoms with van der Waals surface area (Å²) in [6, 6.07) is 7.17. The highest BCUT2D eigenvalue weighted by molar-refractivity contribution is 6.03. The molecule has 1 aromatic carbocycles. The molecule has 2 amide bonds. The van der Waals surface area contributed by atoms with Crippen LogP contribution < -0.4 is 16.0 Å². The summed E-state index contributed by atoms with van der Waals surface area (Å²) in [4.78, 5) is 24.0. The van der Waals surface area contributed by atoms with Gasteiger partial charge in [-0.25, -0.2) is 0 Å². The van der Waals surface area contributed by atoms with E-state index in [9.17, 15) is 9.59 Å². The van der Waals surface area contributed by atoms with Crippen LogP contribution in [0, 0.1) is 0 Å². The van der Waals surface area contributed by atoms with E-state index < -0.39 is 0 Å². The Morgan fingerprint density at radius 2 is 1.73 bits per heavy atom. The molecule has 2 rings (SSSR count). The average Bonchev–Trinajstić information content (AvgIpc) is 2.16. The molecule has 1 aliphatic heterocycles. The van der Waals surface area contributed by atoms with Gasteiger partial charge in [0.2, 0.25) is 11.8 Å². The smallest absolute Gasteiger partial charge is 0.246 e. The Kier molecular flexibility index (Phi) is 2.29. The molecule has 0 saturated carbocycles. The van der Waals surface area contributed by atoms with Crippen LogP contribution in [0.3, 0.4) is 0 Å². The van der Waals surface area contributed by atoms with Crippen molar-refractivity contribution in [1.29, 1.82) is 0 Å². The second-order valence-corrected chi connectivity index (χ2v) is 3.39. The van der Waals surface area contributed by atoms with Gasteiger partial charge in [-0.15, -0.1) is 0 Å². The van der Waals surface area contributed by atoms with Gasteiger partial charge in [-0.3, -0.25) is 14.9 Å². The van der Waals surface area contributed by atoms with Crippen LogP contribution in [0.1, 0.15) is 0 Å². The number of carbonyl (C=O) groups is 2. The fraction of sp³-hybridized carbons (Fsp3) is 0.200. The maximum absolute atomic E-state index is 11.2. The third-order valence-electron chi connectivity index (χ3n) is 2.23. The number of hydrogen-bond donors (Lipinski definition) is 2. The summed E-state index contributed by atoms with van der Waals surface area (Å²) < 4.78 is 0. The molecule has 15 heavy (non-hydrogen) atoms. The molecule has 78 valence electrons. The largest absolute Gasteiger partial charge is 0.397 e. The molecule has 0 aliphatic carbocycles. The quantitative estimate of drug-likeness (QED) is 0.489. The standard InChI is InChI=1S/C10H11N3O2/c11-7-3-1-2-4-8(7)13-5-9(14)12-10(15)6-13/h1-4H,5-6,11H2,(H,12,14,15). The van der Waals surface area contributed by atoms with E-state index in [0.29, 0.717) is 5.69 Å². The SMILES string of the molecule is Nc1ccccc1N1CC(=O)NC(=O)C1. The number of para-hydroxylation sites is 2. The molecule has 1 saturated heterocycles. The van der Waals surface area contributed by atoms with E-state index in [-0.39, 0.29) is 24.9 Å². The number of hydrogen-bond acceptors (Lipinski definition) is 4. The lowest BCUT2D eigenvalue weighted by molar-refractivity contribution is -0.130. The molecule has 0 spiro atoms. The van der Waals surface area contributed by atoms with Gasteiger partial charge in [-0.2, -0.15) is 0 Å². The predicted molar refractivity (Wildman–Crippen MR) is 56.2 cm³/mol. The molecule has 0 atom stereocenters. The van der Waals surface area contributed by atoms with Crippen molar-refractivity contribution in [2.45, 2.75) is 0 Å². The molecule has 0 bridgehead atoms. The summed E-state index contributed by atoms with van der Waals surface area (Å²) in [7, 11) is 0. The van der Waals surface area contributed by atoms with E-state index in [4.69, 9.17) is 5.73 Å². The van der Waals surface area contributed by atoms with Crippen LogP contribution in [-0.4, -0.2) is 24.9 Å². The van der Waals surface area contributed by atoms with Crippen LogP contribution in [0.4, 0.5) is 11.4 Å². The van der Waals surface area contributed by atoms with Crippen molar-refractivity contribution in [3.05, 3.63) is 24.3 Å². The summed E-state index contributed by atoms with van der Waals surface area (Å²) in [5.74, 6) is -0.594. The Balaban J connectivity index is 2.27. The lowest BCUT2D eigenvalue weighted by atomic mass is 10.2. The van der Waals surface area contributed by atoms with E-state index >= 15 is 0 Å². The zero-order valence-corrected chi connectivity index (χ0v) is 8.06. The minimum absolute atomic E-state index is 0.167. The zero-order chi connectivity index (χ0) is 10.8. The summed E-state index contributed by atoms with van der Waals surface area (Å²) in [6.45, 7) is 0.333. The number of piperazine rings is 1. The maximum atomic E-state index is 11.2. The van der Waals surface area contributed by atoms with Crippen LogP contribution in [0.2, 0.25) is 0 Å². The number of nitrogens with zero attached hydrogens (tertiary/aromatic N) is 1. The van der Waals surface area contributed by atoms with Gasteiger partial charge in [-0.05, 0) is 12.1 Å². The molecule has 1 heterocycles. The zero-order valence-electron chi connectivity index (χ0n) is 8.06. The van der Waals surface area contributed by atoms with E-state index in [1.54, 1.807) is 17.0 Å². The highest BCUT2D eigenvalue weighted by atomic mass is 16.2. The molecule has 3 N–H and O–H groups in total. The molecule has 0 unspecified atom stereocenters. The van der Waals surface area contributed by atoms with Crippen LogP contribution in [0.25, 0.3) is 0 Å². The second kappa shape index (κ2) is 3.61. The number of imide groups is 1. The van der Waals surface area contributed by atoms with E-state index in [1.165, 1.54) is 0 Å². The molecular formula is C10H11N3O2. The van der Waals surface area contributed by atoms with Gasteiger partial charge in [0.05, 0.1) is 24.5 Å². The number of anilines is 2. The molecule has 1 aliphatic rings. The van der Waals surface area contributed by atoms with E-state index in [0.717, 1.165) is 5.69 Å². The van der Waals surface area contributed by atoms with Crippen molar-refractivity contribution in [3.63, 3.8) is 0 Å². The average molecular weight is 205 g/mol. The molecule has 1 fully saturated rings. The molecule has 1 aromatic rings. The summed E-state index contributed by atoms with van der Waals surface area (Å²) >= 11 is 0. The van der Waals surface area contributed by atoms with Crippen molar-refractivity contribution in [3.8, 4) is 0 Å². The van der Waals surface area contributed by atoms with Gasteiger partial charge >= 0.3 is 0 Å². The highest BCUT2D eigenvalue weighted by Gasteiger charge is 2.23. The van der Waals surface area contributed by atoms with Crippen molar-refractivity contribution < 1.29 is 9.59 Å². The predicted octanol–water partition coefficient (Wildman–Crippen LogP) is -0.268.